The molecule has 0 spiro atoms. The summed E-state index contributed by atoms with van der Waals surface area (Å²) in [5.74, 6) is 0.452. The van der Waals surface area contributed by atoms with E-state index in [1.54, 1.807) is 0 Å². The van der Waals surface area contributed by atoms with Crippen molar-refractivity contribution in [2.24, 2.45) is 0 Å². The highest BCUT2D eigenvalue weighted by atomic mass is 79.9. The van der Waals surface area contributed by atoms with E-state index in [-0.39, 0.29) is 13.2 Å². The normalized spacial score (nSPS) is 11.1. The smallest absolute Gasteiger partial charge is 0.252 e. The topological polar surface area (TPSA) is 88.0 Å². The van der Waals surface area contributed by atoms with Crippen molar-refractivity contribution in [1.82, 2.24) is 5.32 Å². The Morgan fingerprint density at radius 1 is 1.25 bits per heavy atom. The molecule has 3 N–H and O–H groups in total. The number of aliphatic hydroxyl groups excluding tert-OH is 2. The molecule has 0 atom stereocenters. The van der Waals surface area contributed by atoms with Crippen LogP contribution in [0.25, 0.3) is 0 Å². The summed E-state index contributed by atoms with van der Waals surface area (Å²) in [4.78, 5) is 12.2. The Bertz CT molecular complexity index is 463. The second-order valence-corrected chi connectivity index (χ2v) is 5.32. The van der Waals surface area contributed by atoms with Gasteiger partial charge in [-0.05, 0) is 35.0 Å². The van der Waals surface area contributed by atoms with Crippen molar-refractivity contribution in [2.45, 2.75) is 12.5 Å². The van der Waals surface area contributed by atoms with Gasteiger partial charge in [-0.2, -0.15) is 0 Å². The first-order chi connectivity index (χ1) is 9.40. The number of carbonyl (C=O) groups is 1. The number of ether oxygens (including phenoxy) is 2. The van der Waals surface area contributed by atoms with E-state index in [4.69, 9.17) is 9.47 Å². The number of halogens is 1. The van der Waals surface area contributed by atoms with Crippen LogP contribution in [-0.2, 0) is 0 Å². The zero-order valence-corrected chi connectivity index (χ0v) is 13.2. The molecule has 1 aromatic rings. The molecule has 0 radical (unpaired) electrons. The zero-order chi connectivity index (χ0) is 15.3. The van der Waals surface area contributed by atoms with Crippen molar-refractivity contribution in [2.75, 3.05) is 27.4 Å². The third kappa shape index (κ3) is 3.62. The fraction of sp³-hybridized carbons (Fsp3) is 0.462. The molecule has 6 nitrogen and oxygen atoms in total. The summed E-state index contributed by atoms with van der Waals surface area (Å²) in [6.07, 6.45) is 0. The predicted molar refractivity (Wildman–Crippen MR) is 77.3 cm³/mol. The van der Waals surface area contributed by atoms with Crippen molar-refractivity contribution in [3.63, 3.8) is 0 Å². The second-order valence-electron chi connectivity index (χ2n) is 4.53. The number of hydrogen-bond acceptors (Lipinski definition) is 5. The second kappa shape index (κ2) is 6.92. The number of nitrogens with one attached hydrogen (secondary N) is 1. The van der Waals surface area contributed by atoms with Crippen LogP contribution in [0.5, 0.6) is 11.5 Å². The first kappa shape index (κ1) is 16.7. The zero-order valence-electron chi connectivity index (χ0n) is 11.6. The molecule has 0 aliphatic carbocycles. The van der Waals surface area contributed by atoms with Gasteiger partial charge < -0.3 is 25.0 Å². The Kier molecular flexibility index (Phi) is 5.79. The molecule has 7 heteroatoms. The van der Waals surface area contributed by atoms with E-state index in [9.17, 15) is 15.0 Å². The van der Waals surface area contributed by atoms with E-state index >= 15 is 0 Å². The minimum absolute atomic E-state index is 0.301. The van der Waals surface area contributed by atoms with Crippen LogP contribution >= 0.6 is 15.9 Å². The summed E-state index contributed by atoms with van der Waals surface area (Å²) in [5, 5.41) is 21.0. The quantitative estimate of drug-likeness (QED) is 0.712. The maximum absolute atomic E-state index is 12.2. The molecule has 0 saturated carbocycles. The summed E-state index contributed by atoms with van der Waals surface area (Å²) in [6.45, 7) is 0.790. The Balaban J connectivity index is 3.10. The van der Waals surface area contributed by atoms with E-state index in [2.05, 4.69) is 21.2 Å². The number of methoxy groups -OCH3 is 2. The standard InChI is InChI=1S/C13H18BrNO5/c1-13(6-16,7-17)15-12(18)8-4-9(19-2)11(14)10(5-8)20-3/h4-5,16-17H,6-7H2,1-3H3,(H,15,18). The summed E-state index contributed by atoms with van der Waals surface area (Å²) in [5.41, 5.74) is -0.792. The van der Waals surface area contributed by atoms with Gasteiger partial charge in [0.15, 0.2) is 0 Å². The Hall–Kier alpha value is -1.31. The van der Waals surface area contributed by atoms with Gasteiger partial charge in [0.2, 0.25) is 0 Å². The summed E-state index contributed by atoms with van der Waals surface area (Å²) >= 11 is 3.31. The molecule has 1 amide bonds. The SMILES string of the molecule is COc1cc(C(=O)NC(C)(CO)CO)cc(OC)c1Br. The first-order valence-corrected chi connectivity index (χ1v) is 6.66. The summed E-state index contributed by atoms with van der Waals surface area (Å²) in [6, 6.07) is 3.08. The van der Waals surface area contributed by atoms with Crippen LogP contribution in [0.2, 0.25) is 0 Å². The number of rotatable bonds is 6. The van der Waals surface area contributed by atoms with Crippen LogP contribution in [0.3, 0.4) is 0 Å². The largest absolute Gasteiger partial charge is 0.495 e. The van der Waals surface area contributed by atoms with Crippen LogP contribution in [0, 0.1) is 0 Å². The molecule has 1 rings (SSSR count). The van der Waals surface area contributed by atoms with Gasteiger partial charge in [-0.3, -0.25) is 4.79 Å². The first-order valence-electron chi connectivity index (χ1n) is 5.86. The molecular formula is C13H18BrNO5. The van der Waals surface area contributed by atoms with Crippen LogP contribution in [0.15, 0.2) is 16.6 Å². The number of amides is 1. The van der Waals surface area contributed by atoms with Crippen molar-refractivity contribution < 1.29 is 24.5 Å². The lowest BCUT2D eigenvalue weighted by Gasteiger charge is -2.26. The van der Waals surface area contributed by atoms with Crippen molar-refractivity contribution in [1.29, 1.82) is 0 Å². The van der Waals surface area contributed by atoms with Crippen molar-refractivity contribution in [3.8, 4) is 11.5 Å². The molecule has 0 unspecified atom stereocenters. The lowest BCUT2D eigenvalue weighted by molar-refractivity contribution is 0.0723. The van der Waals surface area contributed by atoms with Gasteiger partial charge in [-0.25, -0.2) is 0 Å². The van der Waals surface area contributed by atoms with Crippen LogP contribution in [0.1, 0.15) is 17.3 Å². The molecule has 0 saturated heterocycles. The van der Waals surface area contributed by atoms with E-state index in [0.717, 1.165) is 0 Å². The maximum Gasteiger partial charge on any atom is 0.252 e. The highest BCUT2D eigenvalue weighted by molar-refractivity contribution is 9.10. The molecule has 112 valence electrons. The minimum Gasteiger partial charge on any atom is -0.495 e. The van der Waals surface area contributed by atoms with E-state index in [0.29, 0.717) is 21.5 Å². The molecule has 0 heterocycles. The van der Waals surface area contributed by atoms with E-state index in [1.165, 1.54) is 33.3 Å². The number of hydrogen-bond donors (Lipinski definition) is 3. The number of aliphatic hydroxyl groups is 2. The predicted octanol–water partition coefficient (Wildman–Crippen LogP) is 0.939. The number of carbonyl (C=O) groups excluding carboxylic acids is 1. The van der Waals surface area contributed by atoms with Crippen molar-refractivity contribution in [3.05, 3.63) is 22.2 Å². The lowest BCUT2D eigenvalue weighted by atomic mass is 10.0. The summed E-state index contributed by atoms with van der Waals surface area (Å²) in [7, 11) is 2.96. The van der Waals surface area contributed by atoms with Gasteiger partial charge in [-0.15, -0.1) is 0 Å². The van der Waals surface area contributed by atoms with Gasteiger partial charge >= 0.3 is 0 Å². The maximum atomic E-state index is 12.2. The molecule has 20 heavy (non-hydrogen) atoms. The van der Waals surface area contributed by atoms with E-state index < -0.39 is 11.4 Å². The van der Waals surface area contributed by atoms with Crippen molar-refractivity contribution >= 4 is 21.8 Å². The van der Waals surface area contributed by atoms with Gasteiger partial charge in [0, 0.05) is 5.56 Å². The monoisotopic (exact) mass is 347 g/mol. The van der Waals surface area contributed by atoms with Crippen LogP contribution in [0.4, 0.5) is 0 Å². The lowest BCUT2D eigenvalue weighted by Crippen LogP contribution is -2.51. The third-order valence-corrected chi connectivity index (χ3v) is 3.60. The molecule has 1 aromatic carbocycles. The minimum atomic E-state index is -1.09. The van der Waals surface area contributed by atoms with Crippen LogP contribution in [-0.4, -0.2) is 49.1 Å². The van der Waals surface area contributed by atoms with Gasteiger partial charge in [0.25, 0.3) is 5.91 Å². The van der Waals surface area contributed by atoms with Gasteiger partial charge in [0.1, 0.15) is 16.0 Å². The molecule has 0 aliphatic rings. The molecular weight excluding hydrogens is 330 g/mol. The van der Waals surface area contributed by atoms with Gasteiger partial charge in [0.05, 0.1) is 33.0 Å². The third-order valence-electron chi connectivity index (χ3n) is 2.82. The van der Waals surface area contributed by atoms with E-state index in [1.807, 2.05) is 0 Å². The average molecular weight is 348 g/mol. The molecule has 0 bridgehead atoms. The fourth-order valence-corrected chi connectivity index (χ4v) is 2.03. The highest BCUT2D eigenvalue weighted by Gasteiger charge is 2.26. The Morgan fingerprint density at radius 3 is 2.05 bits per heavy atom. The molecule has 0 aromatic heterocycles. The average Bonchev–Trinajstić information content (AvgIpc) is 2.47. The highest BCUT2D eigenvalue weighted by Crippen LogP contribution is 2.35. The van der Waals surface area contributed by atoms with Crippen LogP contribution < -0.4 is 14.8 Å². The summed E-state index contributed by atoms with van der Waals surface area (Å²) < 4.78 is 10.9. The molecule has 0 aliphatic heterocycles. The Morgan fingerprint density at radius 2 is 1.70 bits per heavy atom. The fourth-order valence-electron chi connectivity index (χ4n) is 1.48. The molecule has 0 fully saturated rings. The Labute approximate surface area is 125 Å². The number of benzene rings is 1. The van der Waals surface area contributed by atoms with Gasteiger partial charge in [-0.1, -0.05) is 0 Å².